The van der Waals surface area contributed by atoms with Crippen molar-refractivity contribution in [3.05, 3.63) is 130 Å². The molecule has 0 spiro atoms. The number of carbonyl (C=O) groups is 1. The highest BCUT2D eigenvalue weighted by Gasteiger charge is 2.25. The molecule has 0 saturated heterocycles. The summed E-state index contributed by atoms with van der Waals surface area (Å²) in [7, 11) is 5.34. The highest BCUT2D eigenvalue weighted by Crippen LogP contribution is 2.40. The quantitative estimate of drug-likeness (QED) is 0.136. The Morgan fingerprint density at radius 1 is 0.848 bits per heavy atom. The molecule has 2 heterocycles. The fourth-order valence-electron chi connectivity index (χ4n) is 5.96. The van der Waals surface area contributed by atoms with Crippen LogP contribution in [0.3, 0.4) is 0 Å². The van der Waals surface area contributed by atoms with Crippen molar-refractivity contribution in [3.8, 4) is 21.9 Å². The molecule has 6 aromatic rings. The second-order valence-electron chi connectivity index (χ2n) is 11.2. The van der Waals surface area contributed by atoms with Crippen LogP contribution in [0.1, 0.15) is 34.0 Å². The Morgan fingerprint density at radius 3 is 2.33 bits per heavy atom. The lowest BCUT2D eigenvalue weighted by Crippen LogP contribution is -2.23. The summed E-state index contributed by atoms with van der Waals surface area (Å²) in [6, 6.07) is 30.4. The summed E-state index contributed by atoms with van der Waals surface area (Å²) in [6.07, 6.45) is 1.63. The zero-order chi connectivity index (χ0) is 32.2. The van der Waals surface area contributed by atoms with E-state index in [9.17, 15) is 9.59 Å². The Kier molecular flexibility index (Phi) is 9.19. The van der Waals surface area contributed by atoms with Crippen molar-refractivity contribution in [2.45, 2.75) is 26.6 Å². The van der Waals surface area contributed by atoms with Gasteiger partial charge in [-0.3, -0.25) is 9.69 Å². The van der Waals surface area contributed by atoms with Crippen LogP contribution >= 0.6 is 11.3 Å². The van der Waals surface area contributed by atoms with Crippen molar-refractivity contribution in [1.29, 1.82) is 0 Å². The Balaban J connectivity index is 1.54. The van der Waals surface area contributed by atoms with E-state index >= 15 is 0 Å². The van der Waals surface area contributed by atoms with Crippen LogP contribution < -0.4 is 14.9 Å². The minimum Gasteiger partial charge on any atom is -0.497 e. The van der Waals surface area contributed by atoms with Gasteiger partial charge in [0.2, 0.25) is 5.43 Å². The molecule has 0 N–H and O–H groups in total. The first-order valence-corrected chi connectivity index (χ1v) is 16.0. The fourth-order valence-corrected chi connectivity index (χ4v) is 7.25. The van der Waals surface area contributed by atoms with Gasteiger partial charge in [-0.15, -0.1) is 11.3 Å². The number of thiophene rings is 1. The molecule has 8 heteroatoms. The minimum absolute atomic E-state index is 0.0151. The normalized spacial score (nSPS) is 11.3. The van der Waals surface area contributed by atoms with E-state index in [1.165, 1.54) is 16.3 Å². The lowest BCUT2D eigenvalue weighted by molar-refractivity contribution is 0.0524. The molecule has 0 atom stereocenters. The molecule has 0 aliphatic heterocycles. The first-order chi connectivity index (χ1) is 22.4. The molecular weight excluding hydrogens is 596 g/mol. The number of esters is 1. The maximum absolute atomic E-state index is 14.3. The lowest BCUT2D eigenvalue weighted by Gasteiger charge is -2.19. The summed E-state index contributed by atoms with van der Waals surface area (Å²) in [6.45, 7) is 3.48. The molecule has 2 aromatic heterocycles. The summed E-state index contributed by atoms with van der Waals surface area (Å²) in [5.41, 5.74) is 3.66. The van der Waals surface area contributed by atoms with E-state index in [-0.39, 0.29) is 17.6 Å². The highest BCUT2D eigenvalue weighted by molar-refractivity contribution is 7.22. The first-order valence-electron chi connectivity index (χ1n) is 15.2. The smallest absolute Gasteiger partial charge is 0.343 e. The van der Waals surface area contributed by atoms with Gasteiger partial charge in [0.25, 0.3) is 0 Å². The van der Waals surface area contributed by atoms with Gasteiger partial charge in [0.1, 0.15) is 21.9 Å². The number of nitrogens with zero attached hydrogens (tertiary/aromatic N) is 2. The molecule has 6 rings (SSSR count). The minimum atomic E-state index is -0.629. The number of carbonyl (C=O) groups excluding carboxylic acids is 1. The second kappa shape index (κ2) is 13.6. The van der Waals surface area contributed by atoms with E-state index in [1.807, 2.05) is 59.2 Å². The van der Waals surface area contributed by atoms with Crippen LogP contribution in [0.4, 0.5) is 0 Å². The molecule has 0 radical (unpaired) electrons. The van der Waals surface area contributed by atoms with Crippen LogP contribution in [0.15, 0.2) is 102 Å². The van der Waals surface area contributed by atoms with Crippen molar-refractivity contribution in [1.82, 2.24) is 9.47 Å². The highest BCUT2D eigenvalue weighted by atomic mass is 32.1. The van der Waals surface area contributed by atoms with Gasteiger partial charge in [0.15, 0.2) is 0 Å². The molecule has 0 fully saturated rings. The number of fused-ring (bicyclic) bond motifs is 2. The third-order valence-electron chi connectivity index (χ3n) is 8.13. The summed E-state index contributed by atoms with van der Waals surface area (Å²) >= 11 is 1.55. The molecule has 7 nitrogen and oxygen atoms in total. The summed E-state index contributed by atoms with van der Waals surface area (Å²) in [5.74, 6) is 0.851. The Morgan fingerprint density at radius 2 is 1.57 bits per heavy atom. The van der Waals surface area contributed by atoms with E-state index in [0.29, 0.717) is 25.0 Å². The molecule has 0 saturated carbocycles. The van der Waals surface area contributed by atoms with Crippen LogP contribution in [-0.4, -0.2) is 43.3 Å². The number of para-hydroxylation sites is 1. The molecule has 46 heavy (non-hydrogen) atoms. The third-order valence-corrected chi connectivity index (χ3v) is 9.45. The Hall–Kier alpha value is -4.92. The van der Waals surface area contributed by atoms with Crippen LogP contribution in [-0.2, 0) is 24.4 Å². The molecule has 0 unspecified atom stereocenters. The molecule has 4 aromatic carbocycles. The Labute approximate surface area is 272 Å². The summed E-state index contributed by atoms with van der Waals surface area (Å²) in [4.78, 5) is 31.5. The van der Waals surface area contributed by atoms with Crippen LogP contribution in [0.2, 0.25) is 0 Å². The average Bonchev–Trinajstić information content (AvgIpc) is 3.46. The van der Waals surface area contributed by atoms with Gasteiger partial charge in [-0.25, -0.2) is 4.79 Å². The fraction of sp³-hybridized carbons (Fsp3) is 0.211. The van der Waals surface area contributed by atoms with E-state index in [1.54, 1.807) is 38.7 Å². The van der Waals surface area contributed by atoms with E-state index in [2.05, 4.69) is 48.3 Å². The zero-order valence-corrected chi connectivity index (χ0v) is 27.2. The topological polar surface area (TPSA) is 70.0 Å². The van der Waals surface area contributed by atoms with Crippen molar-refractivity contribution >= 4 is 38.3 Å². The largest absolute Gasteiger partial charge is 0.497 e. The van der Waals surface area contributed by atoms with Crippen LogP contribution in [0.5, 0.6) is 11.5 Å². The first kappa shape index (κ1) is 31.1. The summed E-state index contributed by atoms with van der Waals surface area (Å²) < 4.78 is 18.4. The number of benzene rings is 4. The molecular formula is C38H36N2O5S. The number of pyridine rings is 1. The van der Waals surface area contributed by atoms with Crippen molar-refractivity contribution in [2.24, 2.45) is 0 Å². The number of hydrogen-bond acceptors (Lipinski definition) is 7. The van der Waals surface area contributed by atoms with Gasteiger partial charge < -0.3 is 18.8 Å². The molecule has 0 aliphatic carbocycles. The van der Waals surface area contributed by atoms with Crippen LogP contribution in [0.25, 0.3) is 31.4 Å². The van der Waals surface area contributed by atoms with Gasteiger partial charge in [-0.1, -0.05) is 60.7 Å². The standard InChI is InChI=1S/C38H36N2O5S/c1-5-45-38(42)32-24-40(22-28-12-7-9-16-33(28)44-4)37-34(35(32)41)31(36(46-37)26-17-19-29(43-3)20-18-26)23-39(2)21-27-14-10-13-25-11-6-8-15-30(25)27/h6-20,24H,5,21-23H2,1-4H3. The van der Waals surface area contributed by atoms with Crippen LogP contribution in [0, 0.1) is 0 Å². The van der Waals surface area contributed by atoms with E-state index in [4.69, 9.17) is 14.2 Å². The number of ether oxygens (including phenoxy) is 3. The van der Waals surface area contributed by atoms with E-state index < -0.39 is 5.97 Å². The average molecular weight is 633 g/mol. The molecule has 0 amide bonds. The van der Waals surface area contributed by atoms with Crippen molar-refractivity contribution < 1.29 is 19.0 Å². The van der Waals surface area contributed by atoms with Gasteiger partial charge >= 0.3 is 5.97 Å². The predicted molar refractivity (Wildman–Crippen MR) is 185 cm³/mol. The maximum Gasteiger partial charge on any atom is 0.343 e. The van der Waals surface area contributed by atoms with Crippen molar-refractivity contribution in [3.63, 3.8) is 0 Å². The number of rotatable bonds is 11. The lowest BCUT2D eigenvalue weighted by atomic mass is 10.0. The Bertz CT molecular complexity index is 2070. The monoisotopic (exact) mass is 632 g/mol. The van der Waals surface area contributed by atoms with Gasteiger partial charge in [-0.2, -0.15) is 0 Å². The van der Waals surface area contributed by atoms with Gasteiger partial charge in [0.05, 0.1) is 32.8 Å². The molecule has 0 bridgehead atoms. The van der Waals surface area contributed by atoms with E-state index in [0.717, 1.165) is 37.9 Å². The number of methoxy groups -OCH3 is 2. The second-order valence-corrected chi connectivity index (χ2v) is 12.2. The molecule has 234 valence electrons. The number of hydrogen-bond donors (Lipinski definition) is 0. The maximum atomic E-state index is 14.3. The number of aromatic nitrogens is 1. The summed E-state index contributed by atoms with van der Waals surface area (Å²) in [5, 5.41) is 2.92. The molecule has 0 aliphatic rings. The zero-order valence-electron chi connectivity index (χ0n) is 26.4. The predicted octanol–water partition coefficient (Wildman–Crippen LogP) is 7.76. The van der Waals surface area contributed by atoms with Gasteiger partial charge in [-0.05, 0) is 71.8 Å². The van der Waals surface area contributed by atoms with Gasteiger partial charge in [0, 0.05) is 29.7 Å². The third kappa shape index (κ3) is 6.14. The SMILES string of the molecule is CCOC(=O)c1cn(Cc2ccccc2OC)c2sc(-c3ccc(OC)cc3)c(CN(C)Cc3cccc4ccccc34)c2c1=O. The van der Waals surface area contributed by atoms with Crippen molar-refractivity contribution in [2.75, 3.05) is 27.9 Å².